The van der Waals surface area contributed by atoms with Crippen molar-refractivity contribution in [2.24, 2.45) is 0 Å². The molecule has 1 amide bonds. The number of hydrogen-bond donors (Lipinski definition) is 0. The maximum atomic E-state index is 13.0. The van der Waals surface area contributed by atoms with Crippen LogP contribution in [-0.4, -0.2) is 64.5 Å². The third kappa shape index (κ3) is 3.87. The minimum absolute atomic E-state index is 0.0121. The van der Waals surface area contributed by atoms with Gasteiger partial charge in [0.15, 0.2) is 5.78 Å². The summed E-state index contributed by atoms with van der Waals surface area (Å²) in [5, 5.41) is 4.42. The van der Waals surface area contributed by atoms with Crippen LogP contribution in [0.4, 0.5) is 0 Å². The van der Waals surface area contributed by atoms with E-state index in [2.05, 4.69) is 55.3 Å². The minimum Gasteiger partial charge on any atom is -0.339 e. The highest BCUT2D eigenvalue weighted by Gasteiger charge is 2.37. The second-order valence-corrected chi connectivity index (χ2v) is 8.11. The molecule has 0 saturated carbocycles. The Kier molecular flexibility index (Phi) is 5.70. The summed E-state index contributed by atoms with van der Waals surface area (Å²) in [6, 6.07) is 8.88. The van der Waals surface area contributed by atoms with Crippen LogP contribution in [0.1, 0.15) is 45.7 Å². The Labute approximate surface area is 167 Å². The zero-order chi connectivity index (χ0) is 20.6. The van der Waals surface area contributed by atoms with Crippen LogP contribution in [-0.2, 0) is 11.3 Å². The fraction of sp³-hybridized carbons (Fsp3) is 0.500. The van der Waals surface area contributed by atoms with Gasteiger partial charge in [0.1, 0.15) is 6.54 Å². The van der Waals surface area contributed by atoms with Gasteiger partial charge in [-0.3, -0.25) is 14.3 Å². The SMILES string of the molecule is CC(=O)c1c(C)nn(CC(=O)N2CC(c3ccc(C)cc3)C(N(C)C)C2)c1C. The number of aromatic nitrogens is 2. The van der Waals surface area contributed by atoms with Gasteiger partial charge in [-0.25, -0.2) is 0 Å². The maximum absolute atomic E-state index is 13.0. The van der Waals surface area contributed by atoms with Crippen molar-refractivity contribution in [2.75, 3.05) is 27.2 Å². The number of amides is 1. The van der Waals surface area contributed by atoms with Crippen LogP contribution in [0, 0.1) is 20.8 Å². The molecule has 0 bridgehead atoms. The van der Waals surface area contributed by atoms with Crippen molar-refractivity contribution in [1.82, 2.24) is 19.6 Å². The zero-order valence-electron chi connectivity index (χ0n) is 17.7. The van der Waals surface area contributed by atoms with Crippen LogP contribution in [0.5, 0.6) is 0 Å². The summed E-state index contributed by atoms with van der Waals surface area (Å²) in [4.78, 5) is 29.0. The summed E-state index contributed by atoms with van der Waals surface area (Å²) in [6.45, 7) is 8.86. The van der Waals surface area contributed by atoms with Crippen molar-refractivity contribution in [1.29, 1.82) is 0 Å². The molecule has 0 radical (unpaired) electrons. The molecule has 0 N–H and O–H groups in total. The molecule has 150 valence electrons. The number of likely N-dealkylation sites (N-methyl/N-ethyl adjacent to an activating group) is 1. The maximum Gasteiger partial charge on any atom is 0.244 e. The molecule has 2 atom stereocenters. The van der Waals surface area contributed by atoms with Gasteiger partial charge in [-0.2, -0.15) is 5.10 Å². The first-order valence-electron chi connectivity index (χ1n) is 9.74. The smallest absolute Gasteiger partial charge is 0.244 e. The molecule has 1 aromatic heterocycles. The second kappa shape index (κ2) is 7.87. The first-order chi connectivity index (χ1) is 13.2. The number of aryl methyl sites for hydroxylation is 2. The summed E-state index contributed by atoms with van der Waals surface area (Å²) in [7, 11) is 4.14. The highest BCUT2D eigenvalue weighted by Crippen LogP contribution is 2.30. The van der Waals surface area contributed by atoms with Crippen LogP contribution in [0.2, 0.25) is 0 Å². The minimum atomic E-state index is -0.0121. The molecule has 1 aliphatic rings. The lowest BCUT2D eigenvalue weighted by Crippen LogP contribution is -2.37. The highest BCUT2D eigenvalue weighted by atomic mass is 16.2. The third-order valence-corrected chi connectivity index (χ3v) is 5.83. The molecule has 1 fully saturated rings. The number of benzene rings is 1. The van der Waals surface area contributed by atoms with Crippen LogP contribution in [0.25, 0.3) is 0 Å². The van der Waals surface area contributed by atoms with Gasteiger partial charge in [0, 0.05) is 30.7 Å². The summed E-state index contributed by atoms with van der Waals surface area (Å²) in [5.74, 6) is 0.317. The average Bonchev–Trinajstić information content (AvgIpc) is 3.17. The number of rotatable bonds is 5. The van der Waals surface area contributed by atoms with E-state index in [9.17, 15) is 9.59 Å². The van der Waals surface area contributed by atoms with Crippen molar-refractivity contribution in [2.45, 2.75) is 46.2 Å². The van der Waals surface area contributed by atoms with E-state index in [1.807, 2.05) is 18.7 Å². The van der Waals surface area contributed by atoms with Crippen molar-refractivity contribution in [3.63, 3.8) is 0 Å². The normalized spacial score (nSPS) is 19.5. The van der Waals surface area contributed by atoms with Crippen molar-refractivity contribution < 1.29 is 9.59 Å². The number of carbonyl (C=O) groups excluding carboxylic acids is 2. The van der Waals surface area contributed by atoms with Gasteiger partial charge in [-0.1, -0.05) is 29.8 Å². The van der Waals surface area contributed by atoms with E-state index in [1.165, 1.54) is 18.1 Å². The van der Waals surface area contributed by atoms with Gasteiger partial charge in [0.05, 0.1) is 11.3 Å². The molecule has 6 heteroatoms. The van der Waals surface area contributed by atoms with Gasteiger partial charge < -0.3 is 9.80 Å². The number of hydrogen-bond acceptors (Lipinski definition) is 4. The fourth-order valence-corrected chi connectivity index (χ4v) is 4.24. The molecule has 28 heavy (non-hydrogen) atoms. The Morgan fingerprint density at radius 2 is 1.75 bits per heavy atom. The number of carbonyl (C=O) groups is 2. The van der Waals surface area contributed by atoms with E-state index in [0.717, 1.165) is 5.69 Å². The molecular weight excluding hydrogens is 352 g/mol. The van der Waals surface area contributed by atoms with Gasteiger partial charge >= 0.3 is 0 Å². The number of Topliss-reactive ketones (excluding diaryl/α,β-unsaturated/α-hetero) is 1. The van der Waals surface area contributed by atoms with E-state index in [1.54, 1.807) is 4.68 Å². The van der Waals surface area contributed by atoms with Crippen LogP contribution >= 0.6 is 0 Å². The molecule has 2 unspecified atom stereocenters. The quantitative estimate of drug-likeness (QED) is 0.746. The van der Waals surface area contributed by atoms with Crippen LogP contribution in [0.15, 0.2) is 24.3 Å². The molecule has 0 spiro atoms. The average molecular weight is 383 g/mol. The van der Waals surface area contributed by atoms with E-state index < -0.39 is 0 Å². The third-order valence-electron chi connectivity index (χ3n) is 5.83. The van der Waals surface area contributed by atoms with Crippen LogP contribution in [0.3, 0.4) is 0 Å². The lowest BCUT2D eigenvalue weighted by Gasteiger charge is -2.25. The van der Waals surface area contributed by atoms with Gasteiger partial charge in [-0.15, -0.1) is 0 Å². The topological polar surface area (TPSA) is 58.4 Å². The Bertz CT molecular complexity index is 883. The molecule has 1 aromatic carbocycles. The van der Waals surface area contributed by atoms with Gasteiger partial charge in [0.2, 0.25) is 5.91 Å². The Morgan fingerprint density at radius 1 is 1.11 bits per heavy atom. The predicted octanol–water partition coefficient (Wildman–Crippen LogP) is 2.57. The molecule has 2 aromatic rings. The zero-order valence-corrected chi connectivity index (χ0v) is 17.7. The van der Waals surface area contributed by atoms with E-state index in [-0.39, 0.29) is 30.2 Å². The highest BCUT2D eigenvalue weighted by molar-refractivity contribution is 5.96. The molecule has 6 nitrogen and oxygen atoms in total. The molecule has 2 heterocycles. The first kappa shape index (κ1) is 20.3. The largest absolute Gasteiger partial charge is 0.339 e. The number of nitrogens with zero attached hydrogens (tertiary/aromatic N) is 4. The van der Waals surface area contributed by atoms with Crippen LogP contribution < -0.4 is 0 Å². The molecule has 1 aliphatic heterocycles. The fourth-order valence-electron chi connectivity index (χ4n) is 4.24. The lowest BCUT2D eigenvalue weighted by atomic mass is 9.93. The summed E-state index contributed by atoms with van der Waals surface area (Å²) < 4.78 is 1.66. The summed E-state index contributed by atoms with van der Waals surface area (Å²) >= 11 is 0. The first-order valence-corrected chi connectivity index (χ1v) is 9.74. The van der Waals surface area contributed by atoms with E-state index in [0.29, 0.717) is 24.3 Å². The summed E-state index contributed by atoms with van der Waals surface area (Å²) in [5.41, 5.74) is 4.57. The van der Waals surface area contributed by atoms with Crippen molar-refractivity contribution in [3.05, 3.63) is 52.3 Å². The second-order valence-electron chi connectivity index (χ2n) is 8.11. The molecule has 0 aliphatic carbocycles. The standard InChI is InChI=1S/C22H30N4O2/c1-14-7-9-18(10-8-14)19-11-25(12-20(19)24(5)6)21(28)13-26-16(3)22(17(4)27)15(2)23-26/h7-10,19-20H,11-13H2,1-6H3. The van der Waals surface area contributed by atoms with E-state index in [4.69, 9.17) is 0 Å². The Morgan fingerprint density at radius 3 is 2.29 bits per heavy atom. The van der Waals surface area contributed by atoms with Crippen molar-refractivity contribution in [3.8, 4) is 0 Å². The Hall–Kier alpha value is -2.47. The monoisotopic (exact) mass is 382 g/mol. The van der Waals surface area contributed by atoms with Gasteiger partial charge in [0.25, 0.3) is 0 Å². The summed E-state index contributed by atoms with van der Waals surface area (Å²) in [6.07, 6.45) is 0. The lowest BCUT2D eigenvalue weighted by molar-refractivity contribution is -0.131. The molecular formula is C22H30N4O2. The van der Waals surface area contributed by atoms with Crippen molar-refractivity contribution >= 4 is 11.7 Å². The predicted molar refractivity (Wildman–Crippen MR) is 110 cm³/mol. The molecule has 3 rings (SSSR count). The number of ketones is 1. The number of likely N-dealkylation sites (tertiary alicyclic amines) is 1. The molecule has 1 saturated heterocycles. The Balaban J connectivity index is 1.79. The van der Waals surface area contributed by atoms with Gasteiger partial charge in [-0.05, 0) is 47.4 Å². The van der Waals surface area contributed by atoms with E-state index >= 15 is 0 Å².